The Morgan fingerprint density at radius 1 is 0.943 bits per heavy atom. The van der Waals surface area contributed by atoms with E-state index in [4.69, 9.17) is 4.74 Å². The van der Waals surface area contributed by atoms with Crippen LogP contribution in [0, 0.1) is 0 Å². The monoisotopic (exact) mass is 504 g/mol. The minimum atomic E-state index is -4.56. The smallest absolute Gasteiger partial charge is 0.374 e. The lowest BCUT2D eigenvalue weighted by Crippen LogP contribution is -2.44. The van der Waals surface area contributed by atoms with Crippen molar-refractivity contribution in [2.45, 2.75) is 64.4 Å². The number of morpholine rings is 1. The van der Waals surface area contributed by atoms with Gasteiger partial charge in [-0.2, -0.15) is 26.3 Å². The van der Waals surface area contributed by atoms with Crippen molar-refractivity contribution in [2.24, 2.45) is 0 Å². The van der Waals surface area contributed by atoms with Crippen LogP contribution >= 0.6 is 0 Å². The van der Waals surface area contributed by atoms with E-state index in [1.807, 2.05) is 13.8 Å². The van der Waals surface area contributed by atoms with Gasteiger partial charge in [0.25, 0.3) is 0 Å². The number of nitrogens with zero attached hydrogens (tertiary/aromatic N) is 3. The lowest BCUT2D eigenvalue weighted by molar-refractivity contribution is -0.142. The number of hydrogen-bond donors (Lipinski definition) is 1. The third-order valence-electron chi connectivity index (χ3n) is 5.85. The molecule has 3 heterocycles. The summed E-state index contributed by atoms with van der Waals surface area (Å²) < 4.78 is 85.7. The number of ether oxygens (including phenoxy) is 1. The first-order valence-corrected chi connectivity index (χ1v) is 11.5. The Morgan fingerprint density at radius 2 is 1.60 bits per heavy atom. The molecule has 2 aromatic heterocycles. The summed E-state index contributed by atoms with van der Waals surface area (Å²) in [6.07, 6.45) is -9.00. The molecule has 0 amide bonds. The van der Waals surface area contributed by atoms with E-state index in [0.29, 0.717) is 31.7 Å². The average molecular weight is 505 g/mol. The molecule has 0 aromatic carbocycles. The molecular weight excluding hydrogens is 474 g/mol. The molecular formula is C24H30F6N4O. The molecule has 5 nitrogen and oxygen atoms in total. The number of pyridine rings is 2. The first-order chi connectivity index (χ1) is 16.3. The van der Waals surface area contributed by atoms with Crippen molar-refractivity contribution in [2.75, 3.05) is 36.5 Å². The van der Waals surface area contributed by atoms with Crippen molar-refractivity contribution in [1.29, 1.82) is 0 Å². The highest BCUT2D eigenvalue weighted by molar-refractivity contribution is 5.50. The van der Waals surface area contributed by atoms with E-state index in [9.17, 15) is 26.3 Å². The van der Waals surface area contributed by atoms with Crippen molar-refractivity contribution in [3.05, 3.63) is 46.8 Å². The molecule has 194 valence electrons. The zero-order valence-electron chi connectivity index (χ0n) is 20.1. The molecule has 0 radical (unpaired) electrons. The summed E-state index contributed by atoms with van der Waals surface area (Å²) in [6, 6.07) is 5.40. The fourth-order valence-electron chi connectivity index (χ4n) is 4.03. The Labute approximate surface area is 200 Å². The van der Waals surface area contributed by atoms with Crippen LogP contribution in [-0.4, -0.2) is 42.3 Å². The van der Waals surface area contributed by atoms with Crippen LogP contribution in [0.4, 0.5) is 38.0 Å². The van der Waals surface area contributed by atoms with Crippen LogP contribution in [0.3, 0.4) is 0 Å². The molecule has 3 rings (SSSR count). The van der Waals surface area contributed by atoms with Gasteiger partial charge in [-0.25, -0.2) is 9.97 Å². The number of nitrogens with one attached hydrogen (secondary N) is 1. The quantitative estimate of drug-likeness (QED) is 0.438. The van der Waals surface area contributed by atoms with Gasteiger partial charge in [0.1, 0.15) is 23.0 Å². The van der Waals surface area contributed by atoms with Crippen LogP contribution in [0.2, 0.25) is 0 Å². The predicted octanol–water partition coefficient (Wildman–Crippen LogP) is 6.47. The van der Waals surface area contributed by atoms with Gasteiger partial charge in [-0.3, -0.25) is 0 Å². The van der Waals surface area contributed by atoms with Gasteiger partial charge in [-0.15, -0.1) is 0 Å². The Balaban J connectivity index is 1.69. The van der Waals surface area contributed by atoms with Crippen molar-refractivity contribution in [1.82, 2.24) is 9.97 Å². The lowest BCUT2D eigenvalue weighted by atomic mass is 10.0. The Kier molecular flexibility index (Phi) is 8.18. The fraction of sp³-hybridized carbons (Fsp3) is 0.583. The molecule has 1 atom stereocenters. The molecule has 11 heteroatoms. The van der Waals surface area contributed by atoms with Gasteiger partial charge in [0.15, 0.2) is 0 Å². The number of alkyl halides is 6. The molecule has 1 aliphatic rings. The number of hydrogen-bond acceptors (Lipinski definition) is 5. The first-order valence-electron chi connectivity index (χ1n) is 11.5. The van der Waals surface area contributed by atoms with E-state index < -0.39 is 23.7 Å². The van der Waals surface area contributed by atoms with Gasteiger partial charge in [0, 0.05) is 19.6 Å². The van der Waals surface area contributed by atoms with Gasteiger partial charge < -0.3 is 15.0 Å². The van der Waals surface area contributed by atoms with Crippen LogP contribution in [0.15, 0.2) is 24.3 Å². The molecule has 1 aliphatic heterocycles. The van der Waals surface area contributed by atoms with Crippen LogP contribution in [0.1, 0.15) is 68.5 Å². The maximum Gasteiger partial charge on any atom is 0.433 e. The Morgan fingerprint density at radius 3 is 2.20 bits per heavy atom. The molecule has 0 aliphatic carbocycles. The highest BCUT2D eigenvalue weighted by Gasteiger charge is 2.37. The zero-order valence-corrected chi connectivity index (χ0v) is 20.1. The molecule has 1 N–H and O–H groups in total. The van der Waals surface area contributed by atoms with Crippen LogP contribution in [0.5, 0.6) is 0 Å². The number of anilines is 2. The fourth-order valence-corrected chi connectivity index (χ4v) is 4.03. The average Bonchev–Trinajstić information content (AvgIpc) is 2.77. The summed E-state index contributed by atoms with van der Waals surface area (Å²) in [5.74, 6) is 0.0494. The van der Waals surface area contributed by atoms with E-state index in [1.54, 1.807) is 18.7 Å². The molecule has 0 spiro atoms. The summed E-state index contributed by atoms with van der Waals surface area (Å²) in [6.45, 7) is 8.45. The standard InChI is InChI=1S/C24H30F6N4O/c1-14(2)17-6-8-20(33-21(17)24(28,29)30)31-10-9-16-13-34(11-12-35-16)22-18(15(3)4)5-7-19(32-22)23(25,26)27/h5-8,14-16H,9-13H2,1-4H3,(H,31,33). The topological polar surface area (TPSA) is 50.3 Å². The molecule has 2 aromatic rings. The second-order valence-corrected chi connectivity index (χ2v) is 9.20. The van der Waals surface area contributed by atoms with E-state index in [0.717, 1.165) is 6.07 Å². The number of rotatable bonds is 7. The number of aromatic nitrogens is 2. The summed E-state index contributed by atoms with van der Waals surface area (Å²) in [5.41, 5.74) is -1.01. The molecule has 0 bridgehead atoms. The highest BCUT2D eigenvalue weighted by atomic mass is 19.4. The second kappa shape index (κ2) is 10.6. The van der Waals surface area contributed by atoms with Crippen LogP contribution in [-0.2, 0) is 17.1 Å². The van der Waals surface area contributed by atoms with E-state index >= 15 is 0 Å². The minimum Gasteiger partial charge on any atom is -0.374 e. The van der Waals surface area contributed by atoms with Gasteiger partial charge in [0.05, 0.1) is 12.7 Å². The number of halogens is 6. The second-order valence-electron chi connectivity index (χ2n) is 9.20. The van der Waals surface area contributed by atoms with Crippen LogP contribution in [0.25, 0.3) is 0 Å². The largest absolute Gasteiger partial charge is 0.433 e. The van der Waals surface area contributed by atoms with E-state index in [1.165, 1.54) is 18.2 Å². The molecule has 1 fully saturated rings. The minimum absolute atomic E-state index is 0.0227. The third kappa shape index (κ3) is 6.77. The van der Waals surface area contributed by atoms with E-state index in [-0.39, 0.29) is 41.7 Å². The van der Waals surface area contributed by atoms with Crippen molar-refractivity contribution >= 4 is 11.6 Å². The predicted molar refractivity (Wildman–Crippen MR) is 122 cm³/mol. The SMILES string of the molecule is CC(C)c1ccc(C(F)(F)F)nc1N1CCOC(CCNc2ccc(C(C)C)c(C(F)(F)F)n2)C1. The van der Waals surface area contributed by atoms with Gasteiger partial charge in [-0.1, -0.05) is 39.8 Å². The van der Waals surface area contributed by atoms with Crippen LogP contribution < -0.4 is 10.2 Å². The molecule has 1 saturated heterocycles. The summed E-state index contributed by atoms with van der Waals surface area (Å²) in [5, 5.41) is 2.91. The van der Waals surface area contributed by atoms with E-state index in [2.05, 4.69) is 15.3 Å². The lowest BCUT2D eigenvalue weighted by Gasteiger charge is -2.35. The molecule has 1 unspecified atom stereocenters. The third-order valence-corrected chi connectivity index (χ3v) is 5.85. The zero-order chi connectivity index (χ0) is 26.0. The first kappa shape index (κ1) is 27.0. The molecule has 35 heavy (non-hydrogen) atoms. The van der Waals surface area contributed by atoms with Gasteiger partial charge >= 0.3 is 12.4 Å². The van der Waals surface area contributed by atoms with Crippen molar-refractivity contribution < 1.29 is 31.1 Å². The Bertz CT molecular complexity index is 1010. The summed E-state index contributed by atoms with van der Waals surface area (Å²) >= 11 is 0. The Hall–Kier alpha value is -2.56. The molecule has 0 saturated carbocycles. The normalized spacial score (nSPS) is 17.4. The van der Waals surface area contributed by atoms with Gasteiger partial charge in [-0.05, 0) is 41.5 Å². The summed E-state index contributed by atoms with van der Waals surface area (Å²) in [7, 11) is 0. The maximum atomic E-state index is 13.4. The van der Waals surface area contributed by atoms with Crippen molar-refractivity contribution in [3.8, 4) is 0 Å². The maximum absolute atomic E-state index is 13.4. The van der Waals surface area contributed by atoms with Crippen molar-refractivity contribution in [3.63, 3.8) is 0 Å². The summed E-state index contributed by atoms with van der Waals surface area (Å²) in [4.78, 5) is 9.48. The van der Waals surface area contributed by atoms with Gasteiger partial charge in [0.2, 0.25) is 0 Å². The highest BCUT2D eigenvalue weighted by Crippen LogP contribution is 2.35.